The summed E-state index contributed by atoms with van der Waals surface area (Å²) >= 11 is 1.37. The summed E-state index contributed by atoms with van der Waals surface area (Å²) in [6, 6.07) is 10.7. The number of amides is 1. The zero-order valence-electron chi connectivity index (χ0n) is 18.0. The van der Waals surface area contributed by atoms with Crippen molar-refractivity contribution in [3.8, 4) is 0 Å². The number of thiazole rings is 1. The van der Waals surface area contributed by atoms with Crippen LogP contribution in [0.5, 0.6) is 0 Å². The molecule has 0 bridgehead atoms. The number of carbonyl (C=O) groups excluding carboxylic acids is 1. The molecule has 1 heterocycles. The second-order valence-corrected chi connectivity index (χ2v) is 8.79. The molecule has 0 saturated heterocycles. The Morgan fingerprint density at radius 1 is 1.03 bits per heavy atom. The van der Waals surface area contributed by atoms with Gasteiger partial charge in [0.1, 0.15) is 5.82 Å². The number of anilines is 1. The Morgan fingerprint density at radius 3 is 2.52 bits per heavy atom. The zero-order chi connectivity index (χ0) is 21.1. The van der Waals surface area contributed by atoms with Crippen LogP contribution in [0.1, 0.15) is 48.2 Å². The van der Waals surface area contributed by atoms with Crippen LogP contribution in [-0.2, 0) is 12.8 Å². The third-order valence-corrected chi connectivity index (χ3v) is 6.99. The summed E-state index contributed by atoms with van der Waals surface area (Å²) in [6.07, 6.45) is 4.54. The van der Waals surface area contributed by atoms with Crippen molar-refractivity contribution in [1.29, 1.82) is 0 Å². The molecule has 0 spiro atoms. The van der Waals surface area contributed by atoms with Crippen LogP contribution in [0.4, 0.5) is 9.52 Å². The van der Waals surface area contributed by atoms with Gasteiger partial charge in [-0.05, 0) is 80.2 Å². The van der Waals surface area contributed by atoms with E-state index in [1.165, 1.54) is 47.4 Å². The molecule has 1 aromatic heterocycles. The Morgan fingerprint density at radius 2 is 1.77 bits per heavy atom. The molecular formula is C24H28ClFN3OS-. The molecule has 4 rings (SSSR count). The normalized spacial score (nSPS) is 13.2. The number of benzene rings is 2. The molecule has 1 aliphatic carbocycles. The molecule has 0 radical (unpaired) electrons. The fraction of sp³-hybridized carbons (Fsp3) is 0.417. The monoisotopic (exact) mass is 460 g/mol. The molecule has 3 aromatic rings. The summed E-state index contributed by atoms with van der Waals surface area (Å²) in [5, 5.41) is 0.630. The Labute approximate surface area is 193 Å². The van der Waals surface area contributed by atoms with E-state index in [1.807, 2.05) is 6.07 Å². The number of fused-ring (bicyclic) bond motifs is 2. The molecule has 2 aromatic carbocycles. The van der Waals surface area contributed by atoms with Crippen molar-refractivity contribution in [2.24, 2.45) is 0 Å². The second-order valence-electron chi connectivity index (χ2n) is 7.78. The number of nitrogens with zero attached hydrogens (tertiary/aromatic N) is 3. The second kappa shape index (κ2) is 10.5. The van der Waals surface area contributed by atoms with Gasteiger partial charge in [0.25, 0.3) is 5.91 Å². The first-order valence-electron chi connectivity index (χ1n) is 10.8. The standard InChI is InChI=1S/C24H28FN3OS.ClH/c1-3-27(4-2)13-14-28(24-26-21-12-11-20(25)16-22(21)30-24)23(29)19-10-9-17-7-5-6-8-18(17)15-19;/h9-12,15-16H,3-8,13-14H2,1-2H3;1H/p-1. The first kappa shape index (κ1) is 23.6. The minimum atomic E-state index is -0.284. The van der Waals surface area contributed by atoms with Crippen LogP contribution in [0.2, 0.25) is 0 Å². The van der Waals surface area contributed by atoms with Crippen molar-refractivity contribution in [2.45, 2.75) is 39.5 Å². The molecule has 0 unspecified atom stereocenters. The summed E-state index contributed by atoms with van der Waals surface area (Å²) in [5.74, 6) is -0.316. The summed E-state index contributed by atoms with van der Waals surface area (Å²) in [4.78, 5) is 22.3. The lowest BCUT2D eigenvalue weighted by Crippen LogP contribution is -3.00. The van der Waals surface area contributed by atoms with Gasteiger partial charge in [0.15, 0.2) is 5.13 Å². The molecule has 7 heteroatoms. The van der Waals surface area contributed by atoms with Crippen molar-refractivity contribution in [3.63, 3.8) is 0 Å². The van der Waals surface area contributed by atoms with Gasteiger partial charge in [-0.15, -0.1) is 0 Å². The van der Waals surface area contributed by atoms with Gasteiger partial charge >= 0.3 is 0 Å². The highest BCUT2D eigenvalue weighted by Gasteiger charge is 2.23. The maximum atomic E-state index is 13.7. The van der Waals surface area contributed by atoms with E-state index < -0.39 is 0 Å². The van der Waals surface area contributed by atoms with Crippen molar-refractivity contribution < 1.29 is 21.6 Å². The van der Waals surface area contributed by atoms with Crippen LogP contribution in [0, 0.1) is 5.82 Å². The highest BCUT2D eigenvalue weighted by molar-refractivity contribution is 7.22. The van der Waals surface area contributed by atoms with Gasteiger partial charge in [0, 0.05) is 18.7 Å². The van der Waals surface area contributed by atoms with Gasteiger partial charge < -0.3 is 17.3 Å². The van der Waals surface area contributed by atoms with Crippen LogP contribution in [0.25, 0.3) is 10.2 Å². The number of hydrogen-bond acceptors (Lipinski definition) is 4. The lowest BCUT2D eigenvalue weighted by molar-refractivity contribution is -0.0000144. The van der Waals surface area contributed by atoms with Crippen molar-refractivity contribution in [1.82, 2.24) is 9.88 Å². The molecule has 0 fully saturated rings. The van der Waals surface area contributed by atoms with E-state index in [0.717, 1.165) is 42.7 Å². The largest absolute Gasteiger partial charge is 1.00 e. The molecular weight excluding hydrogens is 433 g/mol. The number of carbonyl (C=O) groups is 1. The Kier molecular flexibility index (Phi) is 8.03. The molecule has 1 amide bonds. The highest BCUT2D eigenvalue weighted by atomic mass is 35.5. The third kappa shape index (κ3) is 5.25. The van der Waals surface area contributed by atoms with Crippen molar-refractivity contribution >= 4 is 32.6 Å². The van der Waals surface area contributed by atoms with E-state index in [1.54, 1.807) is 11.0 Å². The van der Waals surface area contributed by atoms with E-state index in [9.17, 15) is 9.18 Å². The Balaban J connectivity index is 0.00000272. The van der Waals surface area contributed by atoms with Gasteiger partial charge in [0.2, 0.25) is 0 Å². The third-order valence-electron chi connectivity index (χ3n) is 5.94. The summed E-state index contributed by atoms with van der Waals surface area (Å²) in [6.45, 7) is 7.44. The van der Waals surface area contributed by atoms with Gasteiger partial charge in [-0.1, -0.05) is 31.3 Å². The van der Waals surface area contributed by atoms with Crippen LogP contribution in [0.3, 0.4) is 0 Å². The van der Waals surface area contributed by atoms with Crippen LogP contribution < -0.4 is 17.3 Å². The molecule has 0 aliphatic heterocycles. The maximum absolute atomic E-state index is 13.7. The summed E-state index contributed by atoms with van der Waals surface area (Å²) in [7, 11) is 0. The number of halogens is 2. The van der Waals surface area contributed by atoms with Gasteiger partial charge in [0.05, 0.1) is 10.2 Å². The molecule has 0 saturated carbocycles. The molecule has 31 heavy (non-hydrogen) atoms. The number of hydrogen-bond donors (Lipinski definition) is 0. The average Bonchev–Trinajstić information content (AvgIpc) is 3.18. The average molecular weight is 461 g/mol. The van der Waals surface area contributed by atoms with Gasteiger partial charge in [-0.25, -0.2) is 9.37 Å². The topological polar surface area (TPSA) is 36.4 Å². The Hall–Kier alpha value is -2.02. The SMILES string of the molecule is CCN(CC)CCN(C(=O)c1ccc2c(c1)CCCC2)c1nc2ccc(F)cc2s1.[Cl-]. The van der Waals surface area contributed by atoms with E-state index in [0.29, 0.717) is 17.2 Å². The minimum absolute atomic E-state index is 0. The number of likely N-dealkylation sites (N-methyl/N-ethyl adjacent to an activating group) is 1. The quantitative estimate of drug-likeness (QED) is 0.543. The lowest BCUT2D eigenvalue weighted by Gasteiger charge is -2.25. The highest BCUT2D eigenvalue weighted by Crippen LogP contribution is 2.31. The number of aryl methyl sites for hydroxylation is 2. The fourth-order valence-electron chi connectivity index (χ4n) is 4.09. The van der Waals surface area contributed by atoms with E-state index in [4.69, 9.17) is 0 Å². The minimum Gasteiger partial charge on any atom is -1.00 e. The maximum Gasteiger partial charge on any atom is 0.260 e. The summed E-state index contributed by atoms with van der Waals surface area (Å²) < 4.78 is 14.4. The van der Waals surface area contributed by atoms with E-state index in [-0.39, 0.29) is 24.1 Å². The molecule has 166 valence electrons. The van der Waals surface area contributed by atoms with Crippen molar-refractivity contribution in [3.05, 3.63) is 58.9 Å². The van der Waals surface area contributed by atoms with Crippen LogP contribution in [0.15, 0.2) is 36.4 Å². The van der Waals surface area contributed by atoms with E-state index in [2.05, 4.69) is 35.9 Å². The Bertz CT molecular complexity index is 1050. The number of rotatable bonds is 7. The van der Waals surface area contributed by atoms with Crippen molar-refractivity contribution in [2.75, 3.05) is 31.1 Å². The predicted octanol–water partition coefficient (Wildman–Crippen LogP) is 2.31. The molecule has 4 nitrogen and oxygen atoms in total. The number of aromatic nitrogens is 1. The molecule has 1 aliphatic rings. The van der Waals surface area contributed by atoms with Crippen LogP contribution >= 0.6 is 11.3 Å². The molecule has 0 atom stereocenters. The summed E-state index contributed by atoms with van der Waals surface area (Å²) in [5.41, 5.74) is 4.09. The first-order chi connectivity index (χ1) is 14.6. The predicted molar refractivity (Wildman–Crippen MR) is 122 cm³/mol. The molecule has 0 N–H and O–H groups in total. The van der Waals surface area contributed by atoms with E-state index >= 15 is 0 Å². The van der Waals surface area contributed by atoms with Gasteiger partial charge in [-0.2, -0.15) is 0 Å². The first-order valence-corrected chi connectivity index (χ1v) is 11.6. The zero-order valence-corrected chi connectivity index (χ0v) is 19.6. The lowest BCUT2D eigenvalue weighted by atomic mass is 9.90. The smallest absolute Gasteiger partial charge is 0.260 e. The fourth-order valence-corrected chi connectivity index (χ4v) is 5.10. The van der Waals surface area contributed by atoms with Gasteiger partial charge in [-0.3, -0.25) is 9.69 Å². The van der Waals surface area contributed by atoms with Crippen LogP contribution in [-0.4, -0.2) is 42.0 Å².